The minimum Gasteiger partial charge on any atom is -0.491 e. The molecule has 0 aromatic heterocycles. The highest BCUT2D eigenvalue weighted by Crippen LogP contribution is 2.18. The highest BCUT2D eigenvalue weighted by atomic mass is 35.5. The smallest absolute Gasteiger partial charge is 0.255 e. The third-order valence-electron chi connectivity index (χ3n) is 2.55. The van der Waals surface area contributed by atoms with Crippen molar-refractivity contribution in [2.45, 2.75) is 20.0 Å². The van der Waals surface area contributed by atoms with Crippen molar-refractivity contribution in [3.8, 4) is 5.75 Å². The number of nitrogens with one attached hydrogen (secondary N) is 1. The molecule has 3 nitrogen and oxygen atoms in total. The average Bonchev–Trinajstić information content (AvgIpc) is 2.38. The molecule has 0 unspecified atom stereocenters. The van der Waals surface area contributed by atoms with Crippen LogP contribution in [0.3, 0.4) is 0 Å². The van der Waals surface area contributed by atoms with Crippen LogP contribution in [0.15, 0.2) is 48.5 Å². The van der Waals surface area contributed by atoms with Crippen LogP contribution in [0, 0.1) is 0 Å². The van der Waals surface area contributed by atoms with Gasteiger partial charge in [-0.2, -0.15) is 0 Å². The highest BCUT2D eigenvalue weighted by Gasteiger charge is 2.08. The Morgan fingerprint density at radius 3 is 2.60 bits per heavy atom. The Labute approximate surface area is 123 Å². The molecule has 0 atom stereocenters. The summed E-state index contributed by atoms with van der Waals surface area (Å²) >= 11 is 5.89. The summed E-state index contributed by atoms with van der Waals surface area (Å²) in [6, 6.07) is 14.1. The minimum absolute atomic E-state index is 0.0706. The molecule has 0 fully saturated rings. The van der Waals surface area contributed by atoms with E-state index in [1.54, 1.807) is 42.5 Å². The van der Waals surface area contributed by atoms with Crippen molar-refractivity contribution < 1.29 is 9.53 Å². The monoisotopic (exact) mass is 289 g/mol. The van der Waals surface area contributed by atoms with E-state index >= 15 is 0 Å². The number of rotatable bonds is 4. The van der Waals surface area contributed by atoms with Gasteiger partial charge in [-0.25, -0.2) is 0 Å². The Morgan fingerprint density at radius 1 is 1.15 bits per heavy atom. The normalized spacial score (nSPS) is 10.4. The zero-order chi connectivity index (χ0) is 14.5. The lowest BCUT2D eigenvalue weighted by molar-refractivity contribution is 0.102. The van der Waals surface area contributed by atoms with Crippen LogP contribution in [0.25, 0.3) is 0 Å². The lowest BCUT2D eigenvalue weighted by Gasteiger charge is -2.11. The van der Waals surface area contributed by atoms with Crippen molar-refractivity contribution >= 4 is 23.2 Å². The van der Waals surface area contributed by atoms with Crippen molar-refractivity contribution in [2.75, 3.05) is 5.32 Å². The summed E-state index contributed by atoms with van der Waals surface area (Å²) in [5.74, 6) is 0.486. The van der Waals surface area contributed by atoms with Crippen molar-refractivity contribution in [3.63, 3.8) is 0 Å². The standard InChI is InChI=1S/C16H16ClNO2/c1-11(2)20-15-8-3-5-12(9-15)16(19)18-14-7-4-6-13(17)10-14/h3-11H,1-2H3,(H,18,19). The number of amides is 1. The van der Waals surface area contributed by atoms with Gasteiger partial charge in [-0.3, -0.25) is 4.79 Å². The van der Waals surface area contributed by atoms with Gasteiger partial charge in [0.15, 0.2) is 0 Å². The van der Waals surface area contributed by atoms with E-state index in [9.17, 15) is 4.79 Å². The van der Waals surface area contributed by atoms with Crippen molar-refractivity contribution in [1.82, 2.24) is 0 Å². The number of carbonyl (C=O) groups excluding carboxylic acids is 1. The minimum atomic E-state index is -0.193. The van der Waals surface area contributed by atoms with E-state index in [0.29, 0.717) is 22.0 Å². The third-order valence-corrected chi connectivity index (χ3v) is 2.79. The van der Waals surface area contributed by atoms with Crippen LogP contribution in [0.4, 0.5) is 5.69 Å². The molecule has 1 N–H and O–H groups in total. The predicted molar refractivity (Wildman–Crippen MR) is 81.6 cm³/mol. The molecule has 0 bridgehead atoms. The second-order valence-electron chi connectivity index (χ2n) is 4.66. The zero-order valence-electron chi connectivity index (χ0n) is 11.4. The second kappa shape index (κ2) is 6.44. The number of carbonyl (C=O) groups is 1. The molecule has 2 aromatic rings. The summed E-state index contributed by atoms with van der Waals surface area (Å²) in [6.07, 6.45) is 0.0706. The lowest BCUT2D eigenvalue weighted by Crippen LogP contribution is -2.12. The summed E-state index contributed by atoms with van der Waals surface area (Å²) in [4.78, 5) is 12.2. The summed E-state index contributed by atoms with van der Waals surface area (Å²) in [6.45, 7) is 3.89. The van der Waals surface area contributed by atoms with Crippen molar-refractivity contribution in [3.05, 3.63) is 59.1 Å². The first-order chi connectivity index (χ1) is 9.54. The van der Waals surface area contributed by atoms with E-state index in [1.807, 2.05) is 19.9 Å². The van der Waals surface area contributed by atoms with Crippen LogP contribution < -0.4 is 10.1 Å². The van der Waals surface area contributed by atoms with Gasteiger partial charge in [-0.15, -0.1) is 0 Å². The molecular weight excluding hydrogens is 274 g/mol. The molecule has 0 radical (unpaired) electrons. The molecule has 0 aliphatic carbocycles. The number of hydrogen-bond acceptors (Lipinski definition) is 2. The van der Waals surface area contributed by atoms with Gasteiger partial charge in [0, 0.05) is 16.3 Å². The van der Waals surface area contributed by atoms with E-state index < -0.39 is 0 Å². The van der Waals surface area contributed by atoms with Gasteiger partial charge < -0.3 is 10.1 Å². The molecule has 0 aliphatic heterocycles. The maximum atomic E-state index is 12.2. The van der Waals surface area contributed by atoms with Crippen molar-refractivity contribution in [2.24, 2.45) is 0 Å². The predicted octanol–water partition coefficient (Wildman–Crippen LogP) is 4.38. The van der Waals surface area contributed by atoms with E-state index in [1.165, 1.54) is 0 Å². The first kappa shape index (κ1) is 14.4. The maximum absolute atomic E-state index is 12.2. The molecule has 0 spiro atoms. The van der Waals surface area contributed by atoms with Crippen LogP contribution >= 0.6 is 11.6 Å². The summed E-state index contributed by atoms with van der Waals surface area (Å²) in [7, 11) is 0. The molecule has 20 heavy (non-hydrogen) atoms. The summed E-state index contributed by atoms with van der Waals surface area (Å²) < 4.78 is 5.57. The van der Waals surface area contributed by atoms with Crippen LogP contribution in [0.1, 0.15) is 24.2 Å². The fourth-order valence-electron chi connectivity index (χ4n) is 1.75. The van der Waals surface area contributed by atoms with Gasteiger partial charge in [-0.05, 0) is 50.2 Å². The quantitative estimate of drug-likeness (QED) is 0.907. The fraction of sp³-hybridized carbons (Fsp3) is 0.188. The van der Waals surface area contributed by atoms with Crippen LogP contribution in [0.5, 0.6) is 5.75 Å². The highest BCUT2D eigenvalue weighted by molar-refractivity contribution is 6.30. The largest absolute Gasteiger partial charge is 0.491 e. The van der Waals surface area contributed by atoms with Crippen LogP contribution in [-0.2, 0) is 0 Å². The molecule has 104 valence electrons. The fourth-order valence-corrected chi connectivity index (χ4v) is 1.94. The van der Waals surface area contributed by atoms with Crippen molar-refractivity contribution in [1.29, 1.82) is 0 Å². The molecule has 0 saturated carbocycles. The summed E-state index contributed by atoms with van der Waals surface area (Å²) in [5, 5.41) is 3.38. The van der Waals surface area contributed by atoms with E-state index in [0.717, 1.165) is 0 Å². The van der Waals surface area contributed by atoms with Gasteiger partial charge in [0.1, 0.15) is 5.75 Å². The number of benzene rings is 2. The Kier molecular flexibility index (Phi) is 4.64. The van der Waals surface area contributed by atoms with E-state index in [2.05, 4.69) is 5.32 Å². The van der Waals surface area contributed by atoms with E-state index in [-0.39, 0.29) is 12.0 Å². The third kappa shape index (κ3) is 4.00. The molecule has 1 amide bonds. The number of hydrogen-bond donors (Lipinski definition) is 1. The Morgan fingerprint density at radius 2 is 1.90 bits per heavy atom. The molecule has 0 heterocycles. The zero-order valence-corrected chi connectivity index (χ0v) is 12.1. The number of halogens is 1. The molecule has 2 aromatic carbocycles. The van der Waals surface area contributed by atoms with Gasteiger partial charge >= 0.3 is 0 Å². The molecular formula is C16H16ClNO2. The number of ether oxygens (including phenoxy) is 1. The lowest BCUT2D eigenvalue weighted by atomic mass is 10.2. The number of anilines is 1. The molecule has 4 heteroatoms. The topological polar surface area (TPSA) is 38.3 Å². The van der Waals surface area contributed by atoms with Crippen LogP contribution in [0.2, 0.25) is 5.02 Å². The van der Waals surface area contributed by atoms with Gasteiger partial charge in [0.2, 0.25) is 0 Å². The molecule has 2 rings (SSSR count). The van der Waals surface area contributed by atoms with Gasteiger partial charge in [0.25, 0.3) is 5.91 Å². The van der Waals surface area contributed by atoms with E-state index in [4.69, 9.17) is 16.3 Å². The maximum Gasteiger partial charge on any atom is 0.255 e. The Hall–Kier alpha value is -2.00. The van der Waals surface area contributed by atoms with Gasteiger partial charge in [0.05, 0.1) is 6.10 Å². The first-order valence-electron chi connectivity index (χ1n) is 6.38. The Balaban J connectivity index is 2.13. The van der Waals surface area contributed by atoms with Gasteiger partial charge in [-0.1, -0.05) is 23.7 Å². The molecule has 0 aliphatic rings. The molecule has 0 saturated heterocycles. The SMILES string of the molecule is CC(C)Oc1cccc(C(=O)Nc2cccc(Cl)c2)c1. The summed E-state index contributed by atoms with van der Waals surface area (Å²) in [5.41, 5.74) is 1.21. The Bertz CT molecular complexity index is 611. The first-order valence-corrected chi connectivity index (χ1v) is 6.76. The average molecular weight is 290 g/mol. The van der Waals surface area contributed by atoms with Crippen LogP contribution in [-0.4, -0.2) is 12.0 Å². The second-order valence-corrected chi connectivity index (χ2v) is 5.10.